The first-order chi connectivity index (χ1) is 14.1. The van der Waals surface area contributed by atoms with Crippen LogP contribution in [0.5, 0.6) is 0 Å². The van der Waals surface area contributed by atoms with Crippen molar-refractivity contribution in [1.82, 2.24) is 0 Å². The van der Waals surface area contributed by atoms with Crippen molar-refractivity contribution in [3.8, 4) is 0 Å². The number of rotatable bonds is 3. The number of anilines is 1. The third-order valence-electron chi connectivity index (χ3n) is 5.95. The van der Waals surface area contributed by atoms with Gasteiger partial charge in [-0.3, -0.25) is 4.79 Å². The molecule has 0 bridgehead atoms. The van der Waals surface area contributed by atoms with Gasteiger partial charge in [0.1, 0.15) is 5.82 Å². The highest BCUT2D eigenvalue weighted by molar-refractivity contribution is 6.31. The predicted molar refractivity (Wildman–Crippen MR) is 114 cm³/mol. The molecule has 1 heterocycles. The van der Waals surface area contributed by atoms with E-state index in [-0.39, 0.29) is 29.5 Å². The summed E-state index contributed by atoms with van der Waals surface area (Å²) in [5, 5.41) is 4.05. The number of nitrogens with one attached hydrogen (secondary N) is 1. The number of benzene rings is 3. The molecule has 0 radical (unpaired) electrons. The van der Waals surface area contributed by atoms with Crippen LogP contribution in [0.3, 0.4) is 0 Å². The normalized spacial score (nSPS) is 21.9. The molecule has 3 aromatic carbocycles. The van der Waals surface area contributed by atoms with E-state index in [1.54, 1.807) is 24.3 Å². The number of carbonyl (C=O) groups is 1. The highest BCUT2D eigenvalue weighted by Gasteiger charge is 2.40. The molecule has 1 aliphatic carbocycles. The topological polar surface area (TPSA) is 29.1 Å². The molecule has 1 N–H and O–H groups in total. The quantitative estimate of drug-likeness (QED) is 0.397. The molecule has 0 saturated carbocycles. The van der Waals surface area contributed by atoms with Gasteiger partial charge >= 0.3 is 0 Å². The van der Waals surface area contributed by atoms with Crippen molar-refractivity contribution in [3.05, 3.63) is 112 Å². The highest BCUT2D eigenvalue weighted by atomic mass is 35.5. The van der Waals surface area contributed by atoms with Crippen molar-refractivity contribution in [1.29, 1.82) is 0 Å². The predicted octanol–water partition coefficient (Wildman–Crippen LogP) is 6.54. The summed E-state index contributed by atoms with van der Waals surface area (Å²) in [4.78, 5) is 13.3. The lowest BCUT2D eigenvalue weighted by Crippen LogP contribution is -2.31. The van der Waals surface area contributed by atoms with Crippen LogP contribution >= 0.6 is 11.6 Å². The lowest BCUT2D eigenvalue weighted by atomic mass is 9.75. The lowest BCUT2D eigenvalue weighted by Gasteiger charge is -2.38. The molecule has 1 aliphatic heterocycles. The van der Waals surface area contributed by atoms with E-state index in [0.717, 1.165) is 17.7 Å². The van der Waals surface area contributed by atoms with E-state index >= 15 is 0 Å². The van der Waals surface area contributed by atoms with Crippen LogP contribution in [0.1, 0.15) is 45.4 Å². The third kappa shape index (κ3) is 3.06. The Morgan fingerprint density at radius 3 is 2.55 bits per heavy atom. The van der Waals surface area contributed by atoms with Gasteiger partial charge in [-0.1, -0.05) is 72.3 Å². The summed E-state index contributed by atoms with van der Waals surface area (Å²) in [6.07, 6.45) is 5.15. The fourth-order valence-electron chi connectivity index (χ4n) is 4.62. The molecule has 0 unspecified atom stereocenters. The number of allylic oxidation sites excluding steroid dienone is 2. The fraction of sp³-hybridized carbons (Fsp3) is 0.160. The second-order valence-electron chi connectivity index (χ2n) is 7.61. The van der Waals surface area contributed by atoms with Crippen molar-refractivity contribution >= 4 is 23.1 Å². The molecule has 0 fully saturated rings. The molecule has 0 spiro atoms. The van der Waals surface area contributed by atoms with Crippen LogP contribution in [0.15, 0.2) is 78.9 Å². The van der Waals surface area contributed by atoms with E-state index in [0.29, 0.717) is 21.7 Å². The summed E-state index contributed by atoms with van der Waals surface area (Å²) < 4.78 is 14.6. The van der Waals surface area contributed by atoms with Gasteiger partial charge in [0.05, 0.1) is 6.04 Å². The number of hydrogen-bond acceptors (Lipinski definition) is 2. The zero-order valence-electron chi connectivity index (χ0n) is 15.6. The van der Waals surface area contributed by atoms with E-state index in [9.17, 15) is 9.18 Å². The second-order valence-corrected chi connectivity index (χ2v) is 8.05. The number of carbonyl (C=O) groups excluding carboxylic acids is 1. The van der Waals surface area contributed by atoms with Crippen molar-refractivity contribution in [2.75, 3.05) is 5.32 Å². The summed E-state index contributed by atoms with van der Waals surface area (Å²) in [5.74, 6) is -0.0528. The van der Waals surface area contributed by atoms with Gasteiger partial charge in [-0.2, -0.15) is 0 Å². The number of halogens is 2. The van der Waals surface area contributed by atoms with Crippen LogP contribution in [-0.4, -0.2) is 5.78 Å². The molecule has 5 rings (SSSR count). The van der Waals surface area contributed by atoms with Crippen LogP contribution < -0.4 is 5.32 Å². The van der Waals surface area contributed by atoms with Gasteiger partial charge in [-0.25, -0.2) is 4.39 Å². The molecule has 0 aromatic heterocycles. The SMILES string of the molecule is O=C(c1ccccc1)c1cc(Cl)cc2c1N[C@H](c1ccccc1F)[C@H]1CC=C[C@@H]21. The molecule has 29 heavy (non-hydrogen) atoms. The maximum absolute atomic E-state index is 14.6. The Morgan fingerprint density at radius 2 is 1.76 bits per heavy atom. The maximum Gasteiger partial charge on any atom is 0.195 e. The van der Waals surface area contributed by atoms with Crippen molar-refractivity contribution in [2.45, 2.75) is 18.4 Å². The summed E-state index contributed by atoms with van der Waals surface area (Å²) >= 11 is 6.42. The molecule has 3 aromatic rings. The Kier molecular flexibility index (Phi) is 4.48. The number of fused-ring (bicyclic) bond motifs is 3. The molecule has 0 saturated heterocycles. The van der Waals surface area contributed by atoms with E-state index in [1.807, 2.05) is 36.4 Å². The van der Waals surface area contributed by atoms with Gasteiger partial charge in [0, 0.05) is 33.3 Å². The van der Waals surface area contributed by atoms with Crippen LogP contribution in [-0.2, 0) is 0 Å². The minimum absolute atomic E-state index is 0.0930. The summed E-state index contributed by atoms with van der Waals surface area (Å²) in [5.41, 5.74) is 3.52. The minimum atomic E-state index is -0.232. The van der Waals surface area contributed by atoms with Gasteiger partial charge in [0.2, 0.25) is 0 Å². The molecule has 3 atom stereocenters. The van der Waals surface area contributed by atoms with Crippen LogP contribution in [0, 0.1) is 11.7 Å². The van der Waals surface area contributed by atoms with Gasteiger partial charge < -0.3 is 5.32 Å². The smallest absolute Gasteiger partial charge is 0.195 e. The van der Waals surface area contributed by atoms with E-state index in [4.69, 9.17) is 11.6 Å². The summed E-state index contributed by atoms with van der Waals surface area (Å²) in [7, 11) is 0. The average Bonchev–Trinajstić information content (AvgIpc) is 3.24. The zero-order chi connectivity index (χ0) is 20.0. The maximum atomic E-state index is 14.6. The van der Waals surface area contributed by atoms with Gasteiger partial charge in [-0.15, -0.1) is 0 Å². The second kappa shape index (κ2) is 7.16. The van der Waals surface area contributed by atoms with E-state index in [2.05, 4.69) is 17.5 Å². The number of ketones is 1. The number of hydrogen-bond donors (Lipinski definition) is 1. The van der Waals surface area contributed by atoms with Crippen molar-refractivity contribution < 1.29 is 9.18 Å². The molecule has 144 valence electrons. The fourth-order valence-corrected chi connectivity index (χ4v) is 4.85. The monoisotopic (exact) mass is 403 g/mol. The Labute approximate surface area is 174 Å². The van der Waals surface area contributed by atoms with E-state index in [1.165, 1.54) is 6.07 Å². The molecule has 2 aliphatic rings. The Morgan fingerprint density at radius 1 is 1.00 bits per heavy atom. The molecule has 0 amide bonds. The largest absolute Gasteiger partial charge is 0.377 e. The van der Waals surface area contributed by atoms with Crippen molar-refractivity contribution in [2.24, 2.45) is 5.92 Å². The Balaban J connectivity index is 1.67. The first kappa shape index (κ1) is 18.1. The van der Waals surface area contributed by atoms with Crippen LogP contribution in [0.25, 0.3) is 0 Å². The van der Waals surface area contributed by atoms with Crippen LogP contribution in [0.2, 0.25) is 5.02 Å². The summed E-state index contributed by atoms with van der Waals surface area (Å²) in [6.45, 7) is 0. The lowest BCUT2D eigenvalue weighted by molar-refractivity contribution is 0.103. The molecule has 4 heteroatoms. The van der Waals surface area contributed by atoms with Crippen LogP contribution in [0.4, 0.5) is 10.1 Å². The van der Waals surface area contributed by atoms with Gasteiger partial charge in [-0.05, 0) is 36.1 Å². The average molecular weight is 404 g/mol. The third-order valence-corrected chi connectivity index (χ3v) is 6.17. The molecular weight excluding hydrogens is 385 g/mol. The van der Waals surface area contributed by atoms with Gasteiger partial charge in [0.25, 0.3) is 0 Å². The first-order valence-electron chi connectivity index (χ1n) is 9.74. The first-order valence-corrected chi connectivity index (χ1v) is 10.1. The molecular formula is C25H19ClFNO. The Hall–Kier alpha value is -2.91. The minimum Gasteiger partial charge on any atom is -0.377 e. The molecule has 2 nitrogen and oxygen atoms in total. The standard InChI is InChI=1S/C25H19ClFNO/c26-16-13-20-17-10-6-11-18(17)23(19-9-4-5-12-22(19)27)28-24(20)21(14-16)25(29)15-7-2-1-3-8-15/h1-10,12-14,17-18,23,28H,11H2/t17-,18+,23+/m1/s1. The zero-order valence-corrected chi connectivity index (χ0v) is 16.4. The highest BCUT2D eigenvalue weighted by Crippen LogP contribution is 2.51. The van der Waals surface area contributed by atoms with Crippen molar-refractivity contribution in [3.63, 3.8) is 0 Å². The summed E-state index contributed by atoms with van der Waals surface area (Å²) in [6, 6.07) is 19.4. The van der Waals surface area contributed by atoms with Gasteiger partial charge in [0.15, 0.2) is 5.78 Å². The van der Waals surface area contributed by atoms with E-state index < -0.39 is 0 Å². The Bertz CT molecular complexity index is 1120.